The minimum absolute atomic E-state index is 0.261. The standard InChI is InChI=1S/C16H19N5O2.C2HF3O2/c1-20-5-7-21(8-6-20)15-14-13(18-16(17)19-15)11-9-10(22-2)3-4-12(11)23-14;3-2(4,5)1(6)7/h3-4,9H,5-8H2,1-2H3,(H2,17,18,19);(H,6,7). The quantitative estimate of drug-likeness (QED) is 0.635. The summed E-state index contributed by atoms with van der Waals surface area (Å²) in [4.78, 5) is 22.2. The second-order valence-electron chi connectivity index (χ2n) is 6.64. The van der Waals surface area contributed by atoms with Crippen molar-refractivity contribution in [2.75, 3.05) is 51.0 Å². The van der Waals surface area contributed by atoms with Crippen LogP contribution in [0.4, 0.5) is 24.9 Å². The number of nitrogen functional groups attached to an aromatic ring is 1. The van der Waals surface area contributed by atoms with Crippen molar-refractivity contribution >= 4 is 39.8 Å². The summed E-state index contributed by atoms with van der Waals surface area (Å²) in [5.74, 6) is -0.959. The zero-order valence-corrected chi connectivity index (χ0v) is 16.2. The van der Waals surface area contributed by atoms with Crippen molar-refractivity contribution < 1.29 is 32.2 Å². The molecule has 0 saturated carbocycles. The number of nitrogens with two attached hydrogens (primary N) is 1. The first-order valence-corrected chi connectivity index (χ1v) is 8.87. The number of methoxy groups -OCH3 is 1. The number of alkyl halides is 3. The number of carbonyl (C=O) groups is 1. The van der Waals surface area contributed by atoms with E-state index in [0.29, 0.717) is 5.58 Å². The number of halogens is 3. The number of benzene rings is 1. The number of aliphatic carboxylic acids is 1. The Balaban J connectivity index is 0.000000318. The molecule has 12 heteroatoms. The molecule has 0 atom stereocenters. The van der Waals surface area contributed by atoms with Crippen molar-refractivity contribution in [1.82, 2.24) is 14.9 Å². The normalized spacial score (nSPS) is 15.2. The van der Waals surface area contributed by atoms with E-state index in [-0.39, 0.29) is 5.95 Å². The average Bonchev–Trinajstić information content (AvgIpc) is 3.05. The Morgan fingerprint density at radius 3 is 2.43 bits per heavy atom. The van der Waals surface area contributed by atoms with Crippen LogP contribution in [0.2, 0.25) is 0 Å². The van der Waals surface area contributed by atoms with Crippen molar-refractivity contribution in [3.63, 3.8) is 0 Å². The lowest BCUT2D eigenvalue weighted by Gasteiger charge is -2.33. The van der Waals surface area contributed by atoms with Gasteiger partial charge in [0.1, 0.15) is 16.8 Å². The molecule has 1 saturated heterocycles. The summed E-state index contributed by atoms with van der Waals surface area (Å²) in [5, 5.41) is 8.02. The number of carboxylic acids is 1. The van der Waals surface area contributed by atoms with Gasteiger partial charge in [0.15, 0.2) is 11.4 Å². The van der Waals surface area contributed by atoms with Gasteiger partial charge in [-0.3, -0.25) is 0 Å². The Labute approximate surface area is 168 Å². The van der Waals surface area contributed by atoms with Crippen LogP contribution in [0.1, 0.15) is 0 Å². The summed E-state index contributed by atoms with van der Waals surface area (Å²) in [6.45, 7) is 3.75. The Morgan fingerprint density at radius 2 is 1.87 bits per heavy atom. The van der Waals surface area contributed by atoms with Crippen LogP contribution < -0.4 is 15.4 Å². The number of fused-ring (bicyclic) bond motifs is 3. The first kappa shape index (κ1) is 21.4. The van der Waals surface area contributed by atoms with E-state index >= 15 is 0 Å². The third-order valence-corrected chi connectivity index (χ3v) is 4.56. The number of carboxylic acid groups (broad SMARTS) is 1. The topological polar surface area (TPSA) is 118 Å². The van der Waals surface area contributed by atoms with Crippen molar-refractivity contribution in [2.45, 2.75) is 6.18 Å². The van der Waals surface area contributed by atoms with Crippen LogP contribution in [-0.4, -0.2) is 72.5 Å². The van der Waals surface area contributed by atoms with Gasteiger partial charge in [-0.2, -0.15) is 18.2 Å². The molecule has 3 heterocycles. The van der Waals surface area contributed by atoms with Crippen molar-refractivity contribution in [2.24, 2.45) is 0 Å². The lowest BCUT2D eigenvalue weighted by Crippen LogP contribution is -2.44. The number of rotatable bonds is 2. The lowest BCUT2D eigenvalue weighted by molar-refractivity contribution is -0.192. The molecule has 0 radical (unpaired) electrons. The summed E-state index contributed by atoms with van der Waals surface area (Å²) in [5.41, 5.74) is 8.13. The summed E-state index contributed by atoms with van der Waals surface area (Å²) in [7, 11) is 3.76. The van der Waals surface area contributed by atoms with E-state index < -0.39 is 12.1 Å². The molecule has 0 amide bonds. The molecule has 9 nitrogen and oxygen atoms in total. The molecule has 4 rings (SSSR count). The van der Waals surface area contributed by atoms with Gasteiger partial charge in [-0.05, 0) is 25.2 Å². The first-order valence-electron chi connectivity index (χ1n) is 8.87. The molecule has 3 N–H and O–H groups in total. The van der Waals surface area contributed by atoms with Crippen molar-refractivity contribution in [1.29, 1.82) is 0 Å². The van der Waals surface area contributed by atoms with Gasteiger partial charge in [0.05, 0.1) is 12.5 Å². The Kier molecular flexibility index (Phi) is 5.87. The summed E-state index contributed by atoms with van der Waals surface area (Å²) in [6, 6.07) is 5.68. The fraction of sp³-hybridized carbons (Fsp3) is 0.389. The summed E-state index contributed by atoms with van der Waals surface area (Å²) >= 11 is 0. The van der Waals surface area contributed by atoms with Crippen LogP contribution in [0.25, 0.3) is 22.1 Å². The van der Waals surface area contributed by atoms with Gasteiger partial charge in [-0.1, -0.05) is 0 Å². The number of ether oxygens (including phenoxy) is 1. The molecule has 1 aliphatic rings. The highest BCUT2D eigenvalue weighted by Crippen LogP contribution is 2.35. The van der Waals surface area contributed by atoms with E-state index in [4.69, 9.17) is 24.8 Å². The van der Waals surface area contributed by atoms with Gasteiger partial charge in [0.2, 0.25) is 5.95 Å². The minimum atomic E-state index is -5.08. The van der Waals surface area contributed by atoms with E-state index in [1.807, 2.05) is 18.2 Å². The SMILES string of the molecule is COc1ccc2oc3c(N4CCN(C)CC4)nc(N)nc3c2c1.O=C(O)C(F)(F)F. The van der Waals surface area contributed by atoms with Crippen molar-refractivity contribution in [3.05, 3.63) is 18.2 Å². The molecule has 0 unspecified atom stereocenters. The maximum Gasteiger partial charge on any atom is 0.490 e. The maximum atomic E-state index is 10.6. The Morgan fingerprint density at radius 1 is 1.23 bits per heavy atom. The Hall–Kier alpha value is -3.28. The third kappa shape index (κ3) is 4.48. The molecule has 0 aliphatic carbocycles. The van der Waals surface area contributed by atoms with Crippen LogP contribution in [0, 0.1) is 0 Å². The van der Waals surface area contributed by atoms with Crippen LogP contribution in [0.3, 0.4) is 0 Å². The van der Waals surface area contributed by atoms with Gasteiger partial charge in [-0.15, -0.1) is 0 Å². The highest BCUT2D eigenvalue weighted by atomic mass is 19.4. The molecule has 3 aromatic rings. The predicted octanol–water partition coefficient (Wildman–Crippen LogP) is 2.35. The van der Waals surface area contributed by atoms with Crippen LogP contribution >= 0.6 is 0 Å². The molecular weight excluding hydrogens is 407 g/mol. The third-order valence-electron chi connectivity index (χ3n) is 4.56. The van der Waals surface area contributed by atoms with Gasteiger partial charge in [0, 0.05) is 26.2 Å². The average molecular weight is 427 g/mol. The molecule has 2 aromatic heterocycles. The number of aromatic nitrogens is 2. The van der Waals surface area contributed by atoms with E-state index in [2.05, 4.69) is 26.8 Å². The second-order valence-corrected chi connectivity index (χ2v) is 6.64. The van der Waals surface area contributed by atoms with Crippen LogP contribution in [0.15, 0.2) is 22.6 Å². The molecule has 0 spiro atoms. The smallest absolute Gasteiger partial charge is 0.490 e. The number of hydrogen-bond acceptors (Lipinski definition) is 8. The fourth-order valence-corrected chi connectivity index (χ4v) is 2.98. The van der Waals surface area contributed by atoms with Crippen molar-refractivity contribution in [3.8, 4) is 5.75 Å². The number of anilines is 2. The van der Waals surface area contributed by atoms with Gasteiger partial charge < -0.3 is 29.8 Å². The van der Waals surface area contributed by atoms with Crippen LogP contribution in [0.5, 0.6) is 5.75 Å². The van der Waals surface area contributed by atoms with Gasteiger partial charge >= 0.3 is 12.1 Å². The number of piperazine rings is 1. The minimum Gasteiger partial charge on any atom is -0.497 e. The predicted molar refractivity (Wildman–Crippen MR) is 104 cm³/mol. The number of nitrogens with zero attached hydrogens (tertiary/aromatic N) is 4. The van der Waals surface area contributed by atoms with E-state index in [1.54, 1.807) is 7.11 Å². The summed E-state index contributed by atoms with van der Waals surface area (Å²) < 4.78 is 43.1. The molecule has 0 bridgehead atoms. The zero-order chi connectivity index (χ0) is 22.1. The fourth-order valence-electron chi connectivity index (χ4n) is 2.98. The van der Waals surface area contributed by atoms with Gasteiger partial charge in [0.25, 0.3) is 0 Å². The molecule has 1 aliphatic heterocycles. The molecule has 30 heavy (non-hydrogen) atoms. The number of likely N-dealkylation sites (N-methyl/N-ethyl adjacent to an activating group) is 1. The van der Waals surface area contributed by atoms with E-state index in [1.165, 1.54) is 0 Å². The molecule has 162 valence electrons. The Bertz CT molecular complexity index is 1060. The van der Waals surface area contributed by atoms with E-state index in [9.17, 15) is 13.2 Å². The summed E-state index contributed by atoms with van der Waals surface area (Å²) in [6.07, 6.45) is -5.08. The zero-order valence-electron chi connectivity index (χ0n) is 16.2. The maximum absolute atomic E-state index is 10.6. The largest absolute Gasteiger partial charge is 0.497 e. The van der Waals surface area contributed by atoms with Crippen LogP contribution in [-0.2, 0) is 4.79 Å². The van der Waals surface area contributed by atoms with E-state index in [0.717, 1.165) is 54.2 Å². The number of furan rings is 1. The molecular formula is C18H20F3N5O4. The molecule has 1 aromatic carbocycles. The lowest BCUT2D eigenvalue weighted by atomic mass is 10.2. The monoisotopic (exact) mass is 427 g/mol. The molecule has 1 fully saturated rings. The second kappa shape index (κ2) is 8.22. The highest BCUT2D eigenvalue weighted by molar-refractivity contribution is 6.06. The van der Waals surface area contributed by atoms with Gasteiger partial charge in [-0.25, -0.2) is 9.78 Å². The number of hydrogen-bond donors (Lipinski definition) is 2. The highest BCUT2D eigenvalue weighted by Gasteiger charge is 2.38. The first-order chi connectivity index (χ1) is 14.1.